The maximum Gasteiger partial charge on any atom is 0.397 e. The molecule has 65 heavy (non-hydrogen) atoms. The zero-order valence-electron chi connectivity index (χ0n) is 34.8. The van der Waals surface area contributed by atoms with Crippen molar-refractivity contribution in [2.45, 2.75) is 168 Å². The highest BCUT2D eigenvalue weighted by molar-refractivity contribution is 7.80. The van der Waals surface area contributed by atoms with Gasteiger partial charge in [0.1, 0.15) is 110 Å². The van der Waals surface area contributed by atoms with E-state index < -0.39 is 202 Å². The van der Waals surface area contributed by atoms with E-state index >= 15 is 0 Å². The Morgan fingerprint density at radius 3 is 1.77 bits per heavy atom. The predicted octanol–water partition coefficient (Wildman–Crippen LogP) is -11.1. The molecule has 4 aliphatic heterocycles. The second-order valence-electron chi connectivity index (χ2n) is 15.7. The van der Waals surface area contributed by atoms with Crippen LogP contribution in [0, 0.1) is 0 Å². The quantitative estimate of drug-likeness (QED) is 0.0504. The maximum atomic E-state index is 12.4. The normalized spacial score (nSPS) is 42.4. The molecule has 2 amide bonds. The van der Waals surface area contributed by atoms with E-state index in [0.717, 1.165) is 13.8 Å². The van der Waals surface area contributed by atoms with Gasteiger partial charge < -0.3 is 120 Å². The summed E-state index contributed by atoms with van der Waals surface area (Å²) in [5.74, 6) is -1.63. The van der Waals surface area contributed by atoms with Crippen LogP contribution < -0.4 is 10.6 Å². The van der Waals surface area contributed by atoms with Gasteiger partial charge in [-0.2, -0.15) is 8.42 Å². The van der Waals surface area contributed by atoms with Gasteiger partial charge in [-0.25, -0.2) is 4.18 Å². The molecular formula is C34H60N2O28S. The molecule has 0 bridgehead atoms. The van der Waals surface area contributed by atoms with Gasteiger partial charge in [0.25, 0.3) is 0 Å². The molecule has 0 radical (unpaired) electrons. The Morgan fingerprint density at radius 2 is 1.20 bits per heavy atom. The van der Waals surface area contributed by atoms with Crippen LogP contribution in [0.15, 0.2) is 0 Å². The SMILES string of the molecule is CC(=O)N[C@H]1[C@H](OC[C@@H](O)[C@H](O)[C@H](O[C@@H]2O[C@H](CO)[C@H](O)[C@H](O)[C@H]2O)[C@H](CO)NC(C)=O)O[C@H](CO)[C@@H](O[C@@H]2O[C@H](COS(=O)(=O)O)[C@H](O)[C@H](O)[C@H]2O[C@@H]2O[C@@H](C)[C@@H](O)[C@@H](O)[C@@H]2O)[C@@H]1O. The molecular weight excluding hydrogens is 916 g/mol. The summed E-state index contributed by atoms with van der Waals surface area (Å²) in [4.78, 5) is 24.4. The Labute approximate surface area is 369 Å². The second-order valence-corrected chi connectivity index (χ2v) is 16.8. The number of hydrogen-bond acceptors (Lipinski definition) is 27. The van der Waals surface area contributed by atoms with Gasteiger partial charge in [-0.15, -0.1) is 0 Å². The Balaban J connectivity index is 1.58. The van der Waals surface area contributed by atoms with Gasteiger partial charge in [-0.05, 0) is 6.92 Å². The van der Waals surface area contributed by atoms with E-state index in [1.54, 1.807) is 0 Å². The Hall–Kier alpha value is -2.07. The van der Waals surface area contributed by atoms with Crippen molar-refractivity contribution in [3.8, 4) is 0 Å². The van der Waals surface area contributed by atoms with Crippen molar-refractivity contribution < 1.29 is 136 Å². The Bertz CT molecular complexity index is 1620. The summed E-state index contributed by atoms with van der Waals surface area (Å²) in [5.41, 5.74) is 0. The first kappa shape index (κ1) is 55.5. The molecule has 0 aromatic carbocycles. The summed E-state index contributed by atoms with van der Waals surface area (Å²) < 4.78 is 81.0. The highest BCUT2D eigenvalue weighted by atomic mass is 32.3. The lowest BCUT2D eigenvalue weighted by Crippen LogP contribution is -2.68. The van der Waals surface area contributed by atoms with E-state index in [9.17, 15) is 89.5 Å². The van der Waals surface area contributed by atoms with E-state index in [0.29, 0.717) is 0 Å². The van der Waals surface area contributed by atoms with Crippen LogP contribution in [0.4, 0.5) is 0 Å². The third kappa shape index (κ3) is 13.8. The van der Waals surface area contributed by atoms with Gasteiger partial charge in [0.2, 0.25) is 11.8 Å². The third-order valence-corrected chi connectivity index (χ3v) is 11.4. The van der Waals surface area contributed by atoms with Crippen LogP contribution in [0.25, 0.3) is 0 Å². The van der Waals surface area contributed by atoms with Crippen LogP contribution in [-0.2, 0) is 62.1 Å². The molecule has 0 aromatic rings. The molecule has 4 saturated heterocycles. The van der Waals surface area contributed by atoms with E-state index in [4.69, 9.17) is 42.4 Å². The van der Waals surface area contributed by atoms with Gasteiger partial charge in [0.05, 0.1) is 45.2 Å². The van der Waals surface area contributed by atoms with Crippen LogP contribution >= 0.6 is 0 Å². The first-order valence-corrected chi connectivity index (χ1v) is 21.4. The van der Waals surface area contributed by atoms with Crippen LogP contribution in [0.5, 0.6) is 0 Å². The molecule has 31 heteroatoms. The van der Waals surface area contributed by atoms with Gasteiger partial charge in [-0.1, -0.05) is 0 Å². The van der Waals surface area contributed by atoms with Crippen molar-refractivity contribution >= 4 is 22.2 Å². The predicted molar refractivity (Wildman–Crippen MR) is 201 cm³/mol. The van der Waals surface area contributed by atoms with Gasteiger partial charge in [0.15, 0.2) is 25.2 Å². The number of aliphatic hydroxyl groups excluding tert-OH is 14. The molecule has 30 nitrogen and oxygen atoms in total. The minimum Gasteiger partial charge on any atom is -0.394 e. The number of hydrogen-bond donors (Lipinski definition) is 17. The number of carbonyl (C=O) groups excluding carboxylic acids is 2. The summed E-state index contributed by atoms with van der Waals surface area (Å²) in [6, 6.07) is -3.32. The molecule has 0 aliphatic carbocycles. The van der Waals surface area contributed by atoms with Crippen LogP contribution in [0.2, 0.25) is 0 Å². The number of nitrogens with one attached hydrogen (secondary N) is 2. The van der Waals surface area contributed by atoms with Crippen molar-refractivity contribution in [1.82, 2.24) is 10.6 Å². The number of rotatable bonds is 20. The smallest absolute Gasteiger partial charge is 0.394 e. The van der Waals surface area contributed by atoms with E-state index in [1.165, 1.54) is 6.92 Å². The standard InChI is InChI=1S/C34H60N2O28S/c1-9-18(43)23(48)26(51)32(58-9)64-30-25(50)21(46)16(8-57-65(53,54)55)61-34(30)63-29-15(6-39)60-31(17(22(29)47)36-11(3)41)56-7-13(42)19(44)28(12(4-37)35-10(2)40)62-33-27(52)24(49)20(45)14(5-38)59-33/h9,12-34,37-39,42-52H,4-8H2,1-3H3,(H,35,40)(H,36,41)(H,53,54,55)/t9-,12-,13+,14+,15+,16+,17+,18+,19-,20-,21-,22+,23+,24-,25-,26-,27+,28+,29+,30+,31+,32-,33-,34-/m0/s1. The van der Waals surface area contributed by atoms with Crippen molar-refractivity contribution in [2.24, 2.45) is 0 Å². The van der Waals surface area contributed by atoms with Crippen LogP contribution in [0.3, 0.4) is 0 Å². The molecule has 4 fully saturated rings. The topological polar surface area (TPSA) is 479 Å². The molecule has 17 N–H and O–H groups in total. The molecule has 0 aromatic heterocycles. The lowest BCUT2D eigenvalue weighted by Gasteiger charge is -2.49. The monoisotopic (exact) mass is 976 g/mol. The van der Waals surface area contributed by atoms with Crippen LogP contribution in [0.1, 0.15) is 20.8 Å². The van der Waals surface area contributed by atoms with Gasteiger partial charge >= 0.3 is 10.4 Å². The van der Waals surface area contributed by atoms with E-state index in [1.807, 2.05) is 0 Å². The van der Waals surface area contributed by atoms with E-state index in [-0.39, 0.29) is 0 Å². The fraction of sp³-hybridized carbons (Fsp3) is 0.941. The summed E-state index contributed by atoms with van der Waals surface area (Å²) in [6.45, 7) is -1.82. The summed E-state index contributed by atoms with van der Waals surface area (Å²) in [7, 11) is -5.17. The number of aliphatic hydroxyl groups is 14. The number of amides is 2. The highest BCUT2D eigenvalue weighted by Crippen LogP contribution is 2.34. The second kappa shape index (κ2) is 24.0. The first-order chi connectivity index (χ1) is 30.3. The van der Waals surface area contributed by atoms with Crippen molar-refractivity contribution in [3.63, 3.8) is 0 Å². The van der Waals surface area contributed by atoms with Crippen molar-refractivity contribution in [3.05, 3.63) is 0 Å². The lowest BCUT2D eigenvalue weighted by atomic mass is 9.95. The zero-order valence-corrected chi connectivity index (χ0v) is 35.6. The number of ether oxygens (including phenoxy) is 8. The fourth-order valence-corrected chi connectivity index (χ4v) is 7.71. The molecule has 0 spiro atoms. The average Bonchev–Trinajstić information content (AvgIpc) is 3.24. The molecule has 0 saturated carbocycles. The molecule has 380 valence electrons. The number of carbonyl (C=O) groups is 2. The summed E-state index contributed by atoms with van der Waals surface area (Å²) in [5, 5.41) is 153. The average molecular weight is 977 g/mol. The fourth-order valence-electron chi connectivity index (χ4n) is 7.40. The molecule has 4 aliphatic rings. The summed E-state index contributed by atoms with van der Waals surface area (Å²) >= 11 is 0. The molecule has 0 unspecified atom stereocenters. The van der Waals surface area contributed by atoms with Crippen LogP contribution in [-0.4, -0.2) is 276 Å². The zero-order chi connectivity index (χ0) is 48.8. The van der Waals surface area contributed by atoms with Crippen molar-refractivity contribution in [2.75, 3.05) is 33.0 Å². The minimum absolute atomic E-state index is 0.781. The summed E-state index contributed by atoms with van der Waals surface area (Å²) in [6.07, 6.45) is -42.1. The highest BCUT2D eigenvalue weighted by Gasteiger charge is 2.55. The third-order valence-electron chi connectivity index (χ3n) is 10.9. The largest absolute Gasteiger partial charge is 0.397 e. The van der Waals surface area contributed by atoms with Gasteiger partial charge in [-0.3, -0.25) is 14.1 Å². The lowest BCUT2D eigenvalue weighted by molar-refractivity contribution is -0.382. The maximum absolute atomic E-state index is 12.4. The van der Waals surface area contributed by atoms with Crippen molar-refractivity contribution in [1.29, 1.82) is 0 Å². The molecule has 4 heterocycles. The Morgan fingerprint density at radius 1 is 0.646 bits per heavy atom. The van der Waals surface area contributed by atoms with Gasteiger partial charge in [0, 0.05) is 13.8 Å². The Kier molecular flexibility index (Phi) is 20.5. The first-order valence-electron chi connectivity index (χ1n) is 20.0. The minimum atomic E-state index is -5.17. The van der Waals surface area contributed by atoms with E-state index in [2.05, 4.69) is 14.8 Å². The molecule has 24 atom stereocenters. The molecule has 4 rings (SSSR count).